The Morgan fingerprint density at radius 2 is 1.71 bits per heavy atom. The Kier molecular flexibility index (Phi) is 6.17. The van der Waals surface area contributed by atoms with Crippen LogP contribution in [0.2, 0.25) is 10.0 Å². The molecular weight excluding hydrogens is 349 g/mol. The lowest BCUT2D eigenvalue weighted by Crippen LogP contribution is -2.31. The number of aromatic nitrogens is 1. The zero-order chi connectivity index (χ0) is 17.7. The average molecular weight is 366 g/mol. The molecule has 2 aromatic rings. The lowest BCUT2D eigenvalue weighted by atomic mass is 10.2. The second-order valence-electron chi connectivity index (χ2n) is 4.97. The van der Waals surface area contributed by atoms with Crippen molar-refractivity contribution < 1.29 is 9.59 Å². The molecule has 0 spiro atoms. The van der Waals surface area contributed by atoms with Gasteiger partial charge in [0.05, 0.1) is 10.0 Å². The van der Waals surface area contributed by atoms with Crippen molar-refractivity contribution in [1.82, 2.24) is 9.88 Å². The summed E-state index contributed by atoms with van der Waals surface area (Å²) in [6.45, 7) is 4.94. The fourth-order valence-corrected chi connectivity index (χ4v) is 2.42. The van der Waals surface area contributed by atoms with Crippen molar-refractivity contribution in [2.45, 2.75) is 13.8 Å². The molecule has 0 aliphatic carbocycles. The molecule has 0 radical (unpaired) electrons. The lowest BCUT2D eigenvalue weighted by Gasteiger charge is -2.18. The first kappa shape index (κ1) is 18.2. The Labute approximate surface area is 150 Å². The molecule has 24 heavy (non-hydrogen) atoms. The number of benzene rings is 1. The highest BCUT2D eigenvalue weighted by atomic mass is 35.5. The van der Waals surface area contributed by atoms with Crippen LogP contribution in [0.15, 0.2) is 36.4 Å². The van der Waals surface area contributed by atoms with Crippen LogP contribution >= 0.6 is 23.2 Å². The molecule has 0 atom stereocenters. The molecule has 7 heteroatoms. The fourth-order valence-electron chi connectivity index (χ4n) is 2.12. The van der Waals surface area contributed by atoms with Crippen molar-refractivity contribution in [3.05, 3.63) is 57.8 Å². The van der Waals surface area contributed by atoms with E-state index >= 15 is 0 Å². The van der Waals surface area contributed by atoms with Gasteiger partial charge < -0.3 is 10.2 Å². The van der Waals surface area contributed by atoms with Gasteiger partial charge in [-0.15, -0.1) is 0 Å². The number of nitrogens with one attached hydrogen (secondary N) is 1. The quantitative estimate of drug-likeness (QED) is 0.866. The summed E-state index contributed by atoms with van der Waals surface area (Å²) in [6, 6.07) is 9.55. The van der Waals surface area contributed by atoms with E-state index in [0.717, 1.165) is 0 Å². The minimum absolute atomic E-state index is 0.152. The summed E-state index contributed by atoms with van der Waals surface area (Å²) in [6.07, 6.45) is 0. The highest BCUT2D eigenvalue weighted by molar-refractivity contribution is 6.42. The van der Waals surface area contributed by atoms with E-state index in [-0.39, 0.29) is 17.3 Å². The number of rotatable bonds is 5. The summed E-state index contributed by atoms with van der Waals surface area (Å²) in [7, 11) is 0. The van der Waals surface area contributed by atoms with E-state index in [1.807, 2.05) is 13.8 Å². The van der Waals surface area contributed by atoms with Crippen molar-refractivity contribution >= 4 is 40.7 Å². The third-order valence-electron chi connectivity index (χ3n) is 3.43. The smallest absolute Gasteiger partial charge is 0.274 e. The molecule has 1 aromatic heterocycles. The van der Waals surface area contributed by atoms with Gasteiger partial charge in [-0.1, -0.05) is 29.3 Å². The summed E-state index contributed by atoms with van der Waals surface area (Å²) in [5.74, 6) is -0.633. The van der Waals surface area contributed by atoms with Crippen molar-refractivity contribution in [3.8, 4) is 0 Å². The fraction of sp³-hybridized carbons (Fsp3) is 0.235. The van der Waals surface area contributed by atoms with E-state index in [9.17, 15) is 9.59 Å². The van der Waals surface area contributed by atoms with E-state index in [0.29, 0.717) is 28.8 Å². The Hall–Kier alpha value is -2.11. The van der Waals surface area contributed by atoms with Crippen LogP contribution in [0.4, 0.5) is 5.69 Å². The number of anilines is 1. The summed E-state index contributed by atoms with van der Waals surface area (Å²) in [5, 5.41) is 3.42. The molecule has 126 valence electrons. The summed E-state index contributed by atoms with van der Waals surface area (Å²) in [5.41, 5.74) is 0.885. The maximum Gasteiger partial charge on any atom is 0.274 e. The third-order valence-corrected chi connectivity index (χ3v) is 4.17. The summed E-state index contributed by atoms with van der Waals surface area (Å²) in [4.78, 5) is 30.4. The number of pyridine rings is 1. The molecule has 0 unspecified atom stereocenters. The second kappa shape index (κ2) is 8.13. The van der Waals surface area contributed by atoms with Gasteiger partial charge in [-0.05, 0) is 44.2 Å². The SMILES string of the molecule is CCN(CC)C(=O)c1cccc(C(=O)Nc2ccc(Cl)c(Cl)c2)n1. The van der Waals surface area contributed by atoms with E-state index < -0.39 is 5.91 Å². The number of carbonyl (C=O) groups is 2. The molecule has 0 bridgehead atoms. The number of halogens is 2. The maximum absolute atomic E-state index is 12.3. The summed E-state index contributed by atoms with van der Waals surface area (Å²) >= 11 is 11.8. The standard InChI is InChI=1S/C17H17Cl2N3O2/c1-3-22(4-2)17(24)15-7-5-6-14(21-15)16(23)20-11-8-9-12(18)13(19)10-11/h5-10H,3-4H2,1-2H3,(H,20,23). The number of nitrogens with zero attached hydrogens (tertiary/aromatic N) is 2. The van der Waals surface area contributed by atoms with Crippen molar-refractivity contribution in [1.29, 1.82) is 0 Å². The van der Waals surface area contributed by atoms with Gasteiger partial charge in [-0.3, -0.25) is 9.59 Å². The van der Waals surface area contributed by atoms with Gasteiger partial charge in [0.25, 0.3) is 11.8 Å². The zero-order valence-electron chi connectivity index (χ0n) is 13.3. The largest absolute Gasteiger partial charge is 0.338 e. The van der Waals surface area contributed by atoms with Gasteiger partial charge in [0.2, 0.25) is 0 Å². The molecule has 0 saturated heterocycles. The molecule has 5 nitrogen and oxygen atoms in total. The predicted octanol–water partition coefficient (Wildman–Crippen LogP) is 4.12. The van der Waals surface area contributed by atoms with Gasteiger partial charge in [-0.25, -0.2) is 4.98 Å². The highest BCUT2D eigenvalue weighted by Crippen LogP contribution is 2.25. The van der Waals surface area contributed by atoms with E-state index in [4.69, 9.17) is 23.2 Å². The molecule has 1 heterocycles. The number of amides is 2. The number of carbonyl (C=O) groups excluding carboxylic acids is 2. The van der Waals surface area contributed by atoms with Gasteiger partial charge in [-0.2, -0.15) is 0 Å². The minimum Gasteiger partial charge on any atom is -0.338 e. The van der Waals surface area contributed by atoms with Crippen LogP contribution in [0.3, 0.4) is 0 Å². The van der Waals surface area contributed by atoms with Crippen LogP contribution < -0.4 is 5.32 Å². The van der Waals surface area contributed by atoms with Gasteiger partial charge in [0.1, 0.15) is 11.4 Å². The van der Waals surface area contributed by atoms with E-state index in [2.05, 4.69) is 10.3 Å². The number of hydrogen-bond acceptors (Lipinski definition) is 3. The zero-order valence-corrected chi connectivity index (χ0v) is 14.9. The Morgan fingerprint density at radius 3 is 2.33 bits per heavy atom. The van der Waals surface area contributed by atoms with Crippen LogP contribution in [-0.4, -0.2) is 34.8 Å². The molecule has 2 amide bonds. The monoisotopic (exact) mass is 365 g/mol. The van der Waals surface area contributed by atoms with Gasteiger partial charge in [0.15, 0.2) is 0 Å². The molecule has 0 fully saturated rings. The average Bonchev–Trinajstić information content (AvgIpc) is 2.59. The van der Waals surface area contributed by atoms with Gasteiger partial charge >= 0.3 is 0 Å². The molecule has 0 saturated carbocycles. The van der Waals surface area contributed by atoms with Crippen LogP contribution in [0, 0.1) is 0 Å². The van der Waals surface area contributed by atoms with Crippen molar-refractivity contribution in [2.75, 3.05) is 18.4 Å². The molecular formula is C17H17Cl2N3O2. The van der Waals surface area contributed by atoms with E-state index in [1.165, 1.54) is 0 Å². The third kappa shape index (κ3) is 4.24. The Balaban J connectivity index is 2.19. The van der Waals surface area contributed by atoms with Crippen LogP contribution in [0.1, 0.15) is 34.8 Å². The molecule has 0 aliphatic rings. The predicted molar refractivity (Wildman–Crippen MR) is 95.9 cm³/mol. The molecule has 1 N–H and O–H groups in total. The lowest BCUT2D eigenvalue weighted by molar-refractivity contribution is 0.0767. The second-order valence-corrected chi connectivity index (χ2v) is 5.78. The Morgan fingerprint density at radius 1 is 1.04 bits per heavy atom. The highest BCUT2D eigenvalue weighted by Gasteiger charge is 2.16. The van der Waals surface area contributed by atoms with Crippen LogP contribution in [0.5, 0.6) is 0 Å². The molecule has 0 aliphatic heterocycles. The number of hydrogen-bond donors (Lipinski definition) is 1. The minimum atomic E-state index is -0.428. The summed E-state index contributed by atoms with van der Waals surface area (Å²) < 4.78 is 0. The first-order valence-electron chi connectivity index (χ1n) is 7.49. The Bertz CT molecular complexity index is 761. The normalized spacial score (nSPS) is 10.3. The van der Waals surface area contributed by atoms with Crippen LogP contribution in [-0.2, 0) is 0 Å². The molecule has 1 aromatic carbocycles. The first-order chi connectivity index (χ1) is 11.5. The van der Waals surface area contributed by atoms with Crippen molar-refractivity contribution in [3.63, 3.8) is 0 Å². The first-order valence-corrected chi connectivity index (χ1v) is 8.24. The topological polar surface area (TPSA) is 62.3 Å². The van der Waals surface area contributed by atoms with E-state index in [1.54, 1.807) is 41.3 Å². The maximum atomic E-state index is 12.3. The van der Waals surface area contributed by atoms with Crippen LogP contribution in [0.25, 0.3) is 0 Å². The molecule has 2 rings (SSSR count). The van der Waals surface area contributed by atoms with Gasteiger partial charge in [0, 0.05) is 18.8 Å². The van der Waals surface area contributed by atoms with Crippen molar-refractivity contribution in [2.24, 2.45) is 0 Å².